The molecule has 88 valence electrons. The van der Waals surface area contributed by atoms with Crippen LogP contribution >= 0.6 is 0 Å². The lowest BCUT2D eigenvalue weighted by atomic mass is 10.0. The normalized spacial score (nSPS) is 10.3. The molecular weight excluding hydrogens is 210 g/mol. The molecule has 0 saturated carbocycles. The third kappa shape index (κ3) is 2.28. The Labute approximate surface area is 102 Å². The number of rotatable bonds is 3. The van der Waals surface area contributed by atoms with Gasteiger partial charge in [0.05, 0.1) is 0 Å². The Morgan fingerprint density at radius 2 is 1.88 bits per heavy atom. The largest absolute Gasteiger partial charge is 0.369 e. The number of aryl methyl sites for hydroxylation is 1. The SMILES string of the molecule is CCNc1nccnc1-c1cccc(C)c1C. The standard InChI is InChI=1S/C14H17N3/c1-4-15-14-13(16-8-9-17-14)12-7-5-6-10(2)11(12)3/h5-9H,4H2,1-3H3,(H,15,17). The van der Waals surface area contributed by atoms with E-state index in [-0.39, 0.29) is 0 Å². The molecule has 0 aliphatic rings. The Balaban J connectivity index is 2.56. The fraction of sp³-hybridized carbons (Fsp3) is 0.286. The monoisotopic (exact) mass is 227 g/mol. The third-order valence-corrected chi connectivity index (χ3v) is 2.90. The van der Waals surface area contributed by atoms with Crippen LogP contribution in [0, 0.1) is 13.8 Å². The van der Waals surface area contributed by atoms with E-state index in [9.17, 15) is 0 Å². The first-order chi connectivity index (χ1) is 8.24. The molecule has 2 aromatic rings. The van der Waals surface area contributed by atoms with E-state index in [1.54, 1.807) is 12.4 Å². The highest BCUT2D eigenvalue weighted by Gasteiger charge is 2.10. The van der Waals surface area contributed by atoms with Crippen molar-refractivity contribution in [1.29, 1.82) is 0 Å². The molecule has 0 aliphatic carbocycles. The summed E-state index contributed by atoms with van der Waals surface area (Å²) in [5.74, 6) is 0.851. The summed E-state index contributed by atoms with van der Waals surface area (Å²) in [4.78, 5) is 8.79. The molecule has 1 aromatic heterocycles. The second-order valence-electron chi connectivity index (χ2n) is 4.03. The fourth-order valence-corrected chi connectivity index (χ4v) is 1.84. The van der Waals surface area contributed by atoms with Crippen molar-refractivity contribution in [2.24, 2.45) is 0 Å². The number of hydrogen-bond acceptors (Lipinski definition) is 3. The summed E-state index contributed by atoms with van der Waals surface area (Å²) in [6.45, 7) is 7.13. The second-order valence-corrected chi connectivity index (χ2v) is 4.03. The molecule has 0 bridgehead atoms. The van der Waals surface area contributed by atoms with Crippen molar-refractivity contribution in [3.63, 3.8) is 0 Å². The summed E-state index contributed by atoms with van der Waals surface area (Å²) in [6.07, 6.45) is 3.45. The van der Waals surface area contributed by atoms with Gasteiger partial charge in [0, 0.05) is 24.5 Å². The quantitative estimate of drug-likeness (QED) is 0.875. The van der Waals surface area contributed by atoms with Crippen LogP contribution in [0.25, 0.3) is 11.3 Å². The van der Waals surface area contributed by atoms with Crippen molar-refractivity contribution in [2.45, 2.75) is 20.8 Å². The van der Waals surface area contributed by atoms with Gasteiger partial charge in [-0.1, -0.05) is 18.2 Å². The summed E-state index contributed by atoms with van der Waals surface area (Å²) >= 11 is 0. The van der Waals surface area contributed by atoms with Crippen LogP contribution < -0.4 is 5.32 Å². The molecule has 0 atom stereocenters. The summed E-state index contributed by atoms with van der Waals surface area (Å²) in [7, 11) is 0. The van der Waals surface area contributed by atoms with Crippen molar-refractivity contribution in [3.8, 4) is 11.3 Å². The Morgan fingerprint density at radius 3 is 2.65 bits per heavy atom. The zero-order valence-corrected chi connectivity index (χ0v) is 10.5. The van der Waals surface area contributed by atoms with E-state index < -0.39 is 0 Å². The molecule has 0 unspecified atom stereocenters. The second kappa shape index (κ2) is 4.95. The van der Waals surface area contributed by atoms with Gasteiger partial charge in [-0.05, 0) is 31.9 Å². The van der Waals surface area contributed by atoms with E-state index in [0.29, 0.717) is 0 Å². The Morgan fingerprint density at radius 1 is 1.12 bits per heavy atom. The maximum atomic E-state index is 4.44. The van der Waals surface area contributed by atoms with Crippen LogP contribution in [0.15, 0.2) is 30.6 Å². The molecule has 0 aliphatic heterocycles. The lowest BCUT2D eigenvalue weighted by molar-refractivity contribution is 1.12. The van der Waals surface area contributed by atoms with Crippen LogP contribution in [0.2, 0.25) is 0 Å². The molecule has 1 aromatic carbocycles. The molecule has 0 radical (unpaired) electrons. The smallest absolute Gasteiger partial charge is 0.152 e. The minimum absolute atomic E-state index is 0.844. The minimum atomic E-state index is 0.844. The van der Waals surface area contributed by atoms with Crippen LogP contribution in [-0.2, 0) is 0 Å². The molecule has 0 saturated heterocycles. The molecule has 2 rings (SSSR count). The van der Waals surface area contributed by atoms with Crippen LogP contribution in [0.5, 0.6) is 0 Å². The molecule has 17 heavy (non-hydrogen) atoms. The molecule has 0 fully saturated rings. The van der Waals surface area contributed by atoms with Gasteiger partial charge in [-0.2, -0.15) is 0 Å². The highest BCUT2D eigenvalue weighted by Crippen LogP contribution is 2.27. The summed E-state index contributed by atoms with van der Waals surface area (Å²) < 4.78 is 0. The lowest BCUT2D eigenvalue weighted by Gasteiger charge is -2.11. The summed E-state index contributed by atoms with van der Waals surface area (Å²) in [5, 5.41) is 3.25. The third-order valence-electron chi connectivity index (χ3n) is 2.90. The number of hydrogen-bond donors (Lipinski definition) is 1. The molecular formula is C14H17N3. The number of benzene rings is 1. The van der Waals surface area contributed by atoms with Gasteiger partial charge < -0.3 is 5.32 Å². The number of anilines is 1. The maximum Gasteiger partial charge on any atom is 0.152 e. The first-order valence-corrected chi connectivity index (χ1v) is 5.85. The molecule has 0 amide bonds. The van der Waals surface area contributed by atoms with Gasteiger partial charge in [-0.15, -0.1) is 0 Å². The molecule has 1 N–H and O–H groups in total. The fourth-order valence-electron chi connectivity index (χ4n) is 1.84. The van der Waals surface area contributed by atoms with E-state index in [2.05, 4.69) is 54.3 Å². The minimum Gasteiger partial charge on any atom is -0.369 e. The van der Waals surface area contributed by atoms with Crippen LogP contribution in [-0.4, -0.2) is 16.5 Å². The zero-order valence-electron chi connectivity index (χ0n) is 10.5. The predicted molar refractivity (Wildman–Crippen MR) is 71.1 cm³/mol. The number of nitrogens with zero attached hydrogens (tertiary/aromatic N) is 2. The predicted octanol–water partition coefficient (Wildman–Crippen LogP) is 3.19. The van der Waals surface area contributed by atoms with Gasteiger partial charge in [-0.25, -0.2) is 4.98 Å². The number of aromatic nitrogens is 2. The van der Waals surface area contributed by atoms with Gasteiger partial charge in [0.25, 0.3) is 0 Å². The van der Waals surface area contributed by atoms with Crippen molar-refractivity contribution >= 4 is 5.82 Å². The summed E-state index contributed by atoms with van der Waals surface area (Å²) in [6, 6.07) is 6.26. The van der Waals surface area contributed by atoms with Crippen LogP contribution in [0.1, 0.15) is 18.1 Å². The zero-order chi connectivity index (χ0) is 12.3. The Kier molecular flexibility index (Phi) is 3.38. The Hall–Kier alpha value is -1.90. The lowest BCUT2D eigenvalue weighted by Crippen LogP contribution is -2.03. The topological polar surface area (TPSA) is 37.8 Å². The summed E-state index contributed by atoms with van der Waals surface area (Å²) in [5.41, 5.74) is 4.60. The first-order valence-electron chi connectivity index (χ1n) is 5.85. The van der Waals surface area contributed by atoms with Gasteiger partial charge >= 0.3 is 0 Å². The first kappa shape index (κ1) is 11.6. The van der Waals surface area contributed by atoms with E-state index in [1.807, 2.05) is 0 Å². The van der Waals surface area contributed by atoms with E-state index in [1.165, 1.54) is 11.1 Å². The van der Waals surface area contributed by atoms with Gasteiger partial charge in [-0.3, -0.25) is 4.98 Å². The van der Waals surface area contributed by atoms with E-state index >= 15 is 0 Å². The average molecular weight is 227 g/mol. The highest BCUT2D eigenvalue weighted by atomic mass is 15.0. The van der Waals surface area contributed by atoms with Crippen molar-refractivity contribution in [2.75, 3.05) is 11.9 Å². The highest BCUT2D eigenvalue weighted by molar-refractivity contribution is 5.74. The van der Waals surface area contributed by atoms with E-state index in [4.69, 9.17) is 0 Å². The van der Waals surface area contributed by atoms with Crippen molar-refractivity contribution < 1.29 is 0 Å². The van der Waals surface area contributed by atoms with Crippen molar-refractivity contribution in [3.05, 3.63) is 41.7 Å². The van der Waals surface area contributed by atoms with Crippen LogP contribution in [0.4, 0.5) is 5.82 Å². The molecule has 3 nitrogen and oxygen atoms in total. The molecule has 1 heterocycles. The molecule has 3 heteroatoms. The average Bonchev–Trinajstić information content (AvgIpc) is 2.34. The van der Waals surface area contributed by atoms with Gasteiger partial charge in [0.15, 0.2) is 5.82 Å². The Bertz CT molecular complexity index is 521. The van der Waals surface area contributed by atoms with Crippen LogP contribution in [0.3, 0.4) is 0 Å². The van der Waals surface area contributed by atoms with Crippen molar-refractivity contribution in [1.82, 2.24) is 9.97 Å². The molecule has 0 spiro atoms. The van der Waals surface area contributed by atoms with Gasteiger partial charge in [0.2, 0.25) is 0 Å². The number of nitrogens with one attached hydrogen (secondary N) is 1. The van der Waals surface area contributed by atoms with E-state index in [0.717, 1.165) is 23.6 Å². The maximum absolute atomic E-state index is 4.44. The van der Waals surface area contributed by atoms with Gasteiger partial charge in [0.1, 0.15) is 5.69 Å².